The minimum atomic E-state index is -0.234. The van der Waals surface area contributed by atoms with Crippen molar-refractivity contribution in [1.82, 2.24) is 9.88 Å². The monoisotopic (exact) mass is 348 g/mol. The Labute approximate surface area is 149 Å². The molecule has 1 atom stereocenters. The lowest BCUT2D eigenvalue weighted by molar-refractivity contribution is -0.149. The van der Waals surface area contributed by atoms with Crippen LogP contribution in [0.3, 0.4) is 0 Å². The SMILES string of the molecule is CCOC(=O)[C@H]1CCCN(C(=O)Nc2ccc(N(CC)CC)nc2)C1. The van der Waals surface area contributed by atoms with E-state index in [1.165, 1.54) is 0 Å². The number of pyridine rings is 1. The van der Waals surface area contributed by atoms with Crippen molar-refractivity contribution in [3.8, 4) is 0 Å². The third-order valence-electron chi connectivity index (χ3n) is 4.42. The molecule has 1 aromatic heterocycles. The predicted octanol–water partition coefficient (Wildman–Crippen LogP) is 2.73. The lowest BCUT2D eigenvalue weighted by Gasteiger charge is -2.31. The summed E-state index contributed by atoms with van der Waals surface area (Å²) in [6.07, 6.45) is 3.23. The van der Waals surface area contributed by atoms with E-state index in [1.807, 2.05) is 12.1 Å². The van der Waals surface area contributed by atoms with E-state index in [0.29, 0.717) is 25.4 Å². The zero-order valence-electron chi connectivity index (χ0n) is 15.3. The van der Waals surface area contributed by atoms with Gasteiger partial charge >= 0.3 is 12.0 Å². The first-order valence-corrected chi connectivity index (χ1v) is 9.02. The van der Waals surface area contributed by atoms with Crippen molar-refractivity contribution >= 4 is 23.5 Å². The van der Waals surface area contributed by atoms with Crippen molar-refractivity contribution in [3.05, 3.63) is 18.3 Å². The smallest absolute Gasteiger partial charge is 0.321 e. The zero-order chi connectivity index (χ0) is 18.2. The number of amides is 2. The first kappa shape index (κ1) is 19.0. The number of ether oxygens (including phenoxy) is 1. The van der Waals surface area contributed by atoms with Crippen LogP contribution in [-0.2, 0) is 9.53 Å². The van der Waals surface area contributed by atoms with Gasteiger partial charge in [-0.25, -0.2) is 9.78 Å². The fourth-order valence-electron chi connectivity index (χ4n) is 3.01. The van der Waals surface area contributed by atoms with Crippen LogP contribution in [0, 0.1) is 5.92 Å². The van der Waals surface area contributed by atoms with Gasteiger partial charge in [0.05, 0.1) is 24.4 Å². The number of carbonyl (C=O) groups excluding carboxylic acids is 2. The molecule has 1 saturated heterocycles. The van der Waals surface area contributed by atoms with Gasteiger partial charge in [-0.15, -0.1) is 0 Å². The fraction of sp³-hybridized carbons (Fsp3) is 0.611. The normalized spacial score (nSPS) is 17.1. The second kappa shape index (κ2) is 9.25. The first-order chi connectivity index (χ1) is 12.1. The third-order valence-corrected chi connectivity index (χ3v) is 4.42. The van der Waals surface area contributed by atoms with Crippen molar-refractivity contribution in [2.45, 2.75) is 33.6 Å². The highest BCUT2D eigenvalue weighted by Gasteiger charge is 2.29. The molecule has 2 heterocycles. The number of rotatable bonds is 6. The summed E-state index contributed by atoms with van der Waals surface area (Å²) < 4.78 is 5.07. The van der Waals surface area contributed by atoms with Crippen LogP contribution in [0.5, 0.6) is 0 Å². The highest BCUT2D eigenvalue weighted by atomic mass is 16.5. The lowest BCUT2D eigenvalue weighted by Crippen LogP contribution is -2.44. The number of urea groups is 1. The van der Waals surface area contributed by atoms with Crippen LogP contribution in [0.1, 0.15) is 33.6 Å². The molecule has 0 saturated carbocycles. The van der Waals surface area contributed by atoms with Gasteiger partial charge < -0.3 is 19.9 Å². The predicted molar refractivity (Wildman–Crippen MR) is 97.7 cm³/mol. The summed E-state index contributed by atoms with van der Waals surface area (Å²) in [7, 11) is 0. The Morgan fingerprint density at radius 2 is 2.08 bits per heavy atom. The Morgan fingerprint density at radius 1 is 1.32 bits per heavy atom. The van der Waals surface area contributed by atoms with Gasteiger partial charge in [0.2, 0.25) is 0 Å². The van der Waals surface area contributed by atoms with E-state index in [1.54, 1.807) is 18.0 Å². The van der Waals surface area contributed by atoms with Gasteiger partial charge in [0.25, 0.3) is 0 Å². The Kier molecular flexibility index (Phi) is 7.03. The van der Waals surface area contributed by atoms with E-state index in [4.69, 9.17) is 4.74 Å². The standard InChI is InChI=1S/C18H28N4O3/c1-4-21(5-2)16-10-9-15(12-19-16)20-18(24)22-11-7-8-14(13-22)17(23)25-6-3/h9-10,12,14H,4-8,11,13H2,1-3H3,(H,20,24)/t14-/m0/s1. The molecule has 2 rings (SSSR count). The van der Waals surface area contributed by atoms with E-state index < -0.39 is 0 Å². The van der Waals surface area contributed by atoms with Gasteiger partial charge in [-0.2, -0.15) is 0 Å². The maximum absolute atomic E-state index is 12.4. The van der Waals surface area contributed by atoms with Crippen molar-refractivity contribution in [2.75, 3.05) is 43.0 Å². The molecule has 0 unspecified atom stereocenters. The molecular formula is C18H28N4O3. The number of piperidine rings is 1. The molecule has 0 aromatic carbocycles. The molecule has 0 bridgehead atoms. The second-order valence-corrected chi connectivity index (χ2v) is 6.04. The van der Waals surface area contributed by atoms with Gasteiger partial charge in [0.15, 0.2) is 0 Å². The second-order valence-electron chi connectivity index (χ2n) is 6.04. The molecule has 138 valence electrons. The van der Waals surface area contributed by atoms with E-state index in [9.17, 15) is 9.59 Å². The molecule has 7 nitrogen and oxygen atoms in total. The van der Waals surface area contributed by atoms with Crippen LogP contribution in [0.15, 0.2) is 18.3 Å². The topological polar surface area (TPSA) is 74.8 Å². The Hall–Kier alpha value is -2.31. The van der Waals surface area contributed by atoms with Gasteiger partial charge in [0, 0.05) is 26.2 Å². The molecule has 1 fully saturated rings. The number of likely N-dealkylation sites (tertiary alicyclic amines) is 1. The number of hydrogen-bond donors (Lipinski definition) is 1. The number of anilines is 2. The van der Waals surface area contributed by atoms with E-state index in [2.05, 4.69) is 29.0 Å². The lowest BCUT2D eigenvalue weighted by atomic mass is 9.98. The minimum Gasteiger partial charge on any atom is -0.466 e. The largest absolute Gasteiger partial charge is 0.466 e. The summed E-state index contributed by atoms with van der Waals surface area (Å²) in [5.74, 6) is 0.441. The number of esters is 1. The summed E-state index contributed by atoms with van der Waals surface area (Å²) in [4.78, 5) is 32.6. The molecule has 2 amide bonds. The minimum absolute atomic E-state index is 0.202. The summed E-state index contributed by atoms with van der Waals surface area (Å²) in [6.45, 7) is 9.14. The quantitative estimate of drug-likeness (QED) is 0.800. The molecule has 1 aliphatic rings. The van der Waals surface area contributed by atoms with E-state index >= 15 is 0 Å². The van der Waals surface area contributed by atoms with Crippen LogP contribution in [0.25, 0.3) is 0 Å². The van der Waals surface area contributed by atoms with Gasteiger partial charge in [0.1, 0.15) is 5.82 Å². The maximum Gasteiger partial charge on any atom is 0.321 e. The Bertz CT molecular complexity index is 572. The average molecular weight is 348 g/mol. The average Bonchev–Trinajstić information content (AvgIpc) is 2.64. The first-order valence-electron chi connectivity index (χ1n) is 9.02. The van der Waals surface area contributed by atoms with E-state index in [0.717, 1.165) is 31.7 Å². The molecular weight excluding hydrogens is 320 g/mol. The molecule has 0 spiro atoms. The number of nitrogens with zero attached hydrogens (tertiary/aromatic N) is 3. The maximum atomic E-state index is 12.4. The molecule has 0 aliphatic carbocycles. The summed E-state index contributed by atoms with van der Waals surface area (Å²) in [5.41, 5.74) is 0.652. The van der Waals surface area contributed by atoms with Crippen LogP contribution in [-0.4, -0.2) is 54.7 Å². The Morgan fingerprint density at radius 3 is 2.68 bits per heavy atom. The molecule has 25 heavy (non-hydrogen) atoms. The van der Waals surface area contributed by atoms with Gasteiger partial charge in [-0.1, -0.05) is 0 Å². The third kappa shape index (κ3) is 5.08. The zero-order valence-corrected chi connectivity index (χ0v) is 15.3. The molecule has 0 radical (unpaired) electrons. The number of aromatic nitrogens is 1. The van der Waals surface area contributed by atoms with Crippen molar-refractivity contribution in [2.24, 2.45) is 5.92 Å². The van der Waals surface area contributed by atoms with Crippen LogP contribution >= 0.6 is 0 Å². The van der Waals surface area contributed by atoms with Gasteiger partial charge in [-0.05, 0) is 45.7 Å². The number of carbonyl (C=O) groups is 2. The molecule has 7 heteroatoms. The summed E-state index contributed by atoms with van der Waals surface area (Å²) >= 11 is 0. The molecule has 1 N–H and O–H groups in total. The molecule has 1 aliphatic heterocycles. The van der Waals surface area contributed by atoms with Crippen molar-refractivity contribution in [1.29, 1.82) is 0 Å². The van der Waals surface area contributed by atoms with Crippen molar-refractivity contribution in [3.63, 3.8) is 0 Å². The van der Waals surface area contributed by atoms with Crippen molar-refractivity contribution < 1.29 is 14.3 Å². The summed E-state index contributed by atoms with van der Waals surface area (Å²) in [6, 6.07) is 3.55. The molecule has 1 aromatic rings. The number of hydrogen-bond acceptors (Lipinski definition) is 5. The van der Waals surface area contributed by atoms with Crippen LogP contribution in [0.2, 0.25) is 0 Å². The summed E-state index contributed by atoms with van der Waals surface area (Å²) in [5, 5.41) is 2.86. The fourth-order valence-corrected chi connectivity index (χ4v) is 3.01. The number of nitrogens with one attached hydrogen (secondary N) is 1. The van der Waals surface area contributed by atoms with E-state index in [-0.39, 0.29) is 17.9 Å². The van der Waals surface area contributed by atoms with Crippen LogP contribution < -0.4 is 10.2 Å². The Balaban J connectivity index is 1.93. The highest BCUT2D eigenvalue weighted by molar-refractivity contribution is 5.89. The highest BCUT2D eigenvalue weighted by Crippen LogP contribution is 2.20. The van der Waals surface area contributed by atoms with Crippen LogP contribution in [0.4, 0.5) is 16.3 Å². The van der Waals surface area contributed by atoms with Gasteiger partial charge in [-0.3, -0.25) is 4.79 Å².